The Hall–Kier alpha value is -1.28. The molecule has 18 heavy (non-hydrogen) atoms. The molecule has 0 fully saturated rings. The molecule has 1 atom stereocenters. The number of para-hydroxylation sites is 1. The number of aromatic nitrogens is 1. The van der Waals surface area contributed by atoms with Crippen LogP contribution in [0.5, 0.6) is 0 Å². The third-order valence-electron chi connectivity index (χ3n) is 4.01. The Bertz CT molecular complexity index is 566. The van der Waals surface area contributed by atoms with Gasteiger partial charge in [0.1, 0.15) is 0 Å². The lowest BCUT2D eigenvalue weighted by molar-refractivity contribution is 0.375. The Morgan fingerprint density at radius 3 is 2.83 bits per heavy atom. The molecule has 0 saturated heterocycles. The summed E-state index contributed by atoms with van der Waals surface area (Å²) in [4.78, 5) is 0. The molecule has 1 unspecified atom stereocenters. The Balaban J connectivity index is 2.16. The summed E-state index contributed by atoms with van der Waals surface area (Å²) in [5, 5.41) is 5.14. The van der Waals surface area contributed by atoms with E-state index >= 15 is 0 Å². The summed E-state index contributed by atoms with van der Waals surface area (Å²) in [7, 11) is 0. The average Bonchev–Trinajstić information content (AvgIpc) is 2.65. The van der Waals surface area contributed by atoms with Gasteiger partial charge in [0.2, 0.25) is 0 Å². The second kappa shape index (κ2) is 4.43. The van der Waals surface area contributed by atoms with Crippen molar-refractivity contribution in [2.45, 2.75) is 52.2 Å². The fourth-order valence-corrected chi connectivity index (χ4v) is 3.34. The molecular weight excluding hydrogens is 220 g/mol. The number of rotatable bonds is 2. The zero-order valence-electron chi connectivity index (χ0n) is 11.5. The first-order valence-corrected chi connectivity index (χ1v) is 7.02. The van der Waals surface area contributed by atoms with Crippen LogP contribution in [0.1, 0.15) is 44.0 Å². The molecular formula is C16H22N2. The second-order valence-electron chi connectivity index (χ2n) is 5.70. The lowest BCUT2D eigenvalue weighted by Gasteiger charge is -2.28. The first-order chi connectivity index (χ1) is 8.68. The van der Waals surface area contributed by atoms with Gasteiger partial charge in [-0.15, -0.1) is 0 Å². The smallest absolute Gasteiger partial charge is 0.0485 e. The topological polar surface area (TPSA) is 17.0 Å². The Morgan fingerprint density at radius 2 is 2.06 bits per heavy atom. The normalized spacial score (nSPS) is 19.4. The van der Waals surface area contributed by atoms with Gasteiger partial charge in [-0.3, -0.25) is 0 Å². The summed E-state index contributed by atoms with van der Waals surface area (Å²) >= 11 is 0. The van der Waals surface area contributed by atoms with Crippen LogP contribution in [0.4, 0.5) is 0 Å². The maximum Gasteiger partial charge on any atom is 0.0485 e. The molecule has 0 bridgehead atoms. The molecule has 2 heteroatoms. The van der Waals surface area contributed by atoms with Gasteiger partial charge in [-0.1, -0.05) is 32.0 Å². The number of nitrogens with one attached hydrogen (secondary N) is 1. The molecule has 0 radical (unpaired) electrons. The van der Waals surface area contributed by atoms with E-state index in [1.54, 1.807) is 0 Å². The molecule has 2 nitrogen and oxygen atoms in total. The van der Waals surface area contributed by atoms with Crippen LogP contribution in [0, 0.1) is 6.92 Å². The van der Waals surface area contributed by atoms with Crippen molar-refractivity contribution in [2.75, 3.05) is 0 Å². The Kier molecular flexibility index (Phi) is 2.90. The fraction of sp³-hybridized carbons (Fsp3) is 0.500. The lowest BCUT2D eigenvalue weighted by Crippen LogP contribution is -2.32. The minimum atomic E-state index is 0.520. The number of hydrogen-bond acceptors (Lipinski definition) is 1. The summed E-state index contributed by atoms with van der Waals surface area (Å²) < 4.78 is 2.52. The van der Waals surface area contributed by atoms with E-state index in [0.717, 1.165) is 0 Å². The van der Waals surface area contributed by atoms with Crippen molar-refractivity contribution < 1.29 is 0 Å². The molecule has 1 N–H and O–H groups in total. The van der Waals surface area contributed by atoms with Gasteiger partial charge < -0.3 is 9.88 Å². The van der Waals surface area contributed by atoms with E-state index in [4.69, 9.17) is 0 Å². The van der Waals surface area contributed by atoms with Crippen LogP contribution in [0.15, 0.2) is 24.3 Å². The van der Waals surface area contributed by atoms with Gasteiger partial charge in [-0.05, 0) is 31.4 Å². The zero-order chi connectivity index (χ0) is 12.7. The predicted octanol–water partition coefficient (Wildman–Crippen LogP) is 3.78. The monoisotopic (exact) mass is 242 g/mol. The molecule has 0 aliphatic carbocycles. The van der Waals surface area contributed by atoms with Gasteiger partial charge in [0.15, 0.2) is 0 Å². The number of aryl methyl sites for hydroxylation is 2. The van der Waals surface area contributed by atoms with E-state index in [0.29, 0.717) is 12.1 Å². The summed E-state index contributed by atoms with van der Waals surface area (Å²) in [5.41, 5.74) is 4.37. The molecule has 0 amide bonds. The third kappa shape index (κ3) is 1.76. The maximum absolute atomic E-state index is 3.72. The van der Waals surface area contributed by atoms with Gasteiger partial charge in [0.05, 0.1) is 0 Å². The van der Waals surface area contributed by atoms with Crippen LogP contribution >= 0.6 is 0 Å². The van der Waals surface area contributed by atoms with Crippen LogP contribution in [0.3, 0.4) is 0 Å². The minimum Gasteiger partial charge on any atom is -0.343 e. The van der Waals surface area contributed by atoms with Gasteiger partial charge in [-0.25, -0.2) is 0 Å². The summed E-state index contributed by atoms with van der Waals surface area (Å²) in [6.07, 6.45) is 2.53. The van der Waals surface area contributed by atoms with Crippen LogP contribution in [-0.2, 0) is 6.54 Å². The van der Waals surface area contributed by atoms with Crippen molar-refractivity contribution in [1.82, 2.24) is 9.88 Å². The molecule has 1 aromatic heterocycles. The predicted molar refractivity (Wildman–Crippen MR) is 76.9 cm³/mol. The zero-order valence-corrected chi connectivity index (χ0v) is 11.5. The molecule has 1 aliphatic heterocycles. The highest BCUT2D eigenvalue weighted by Crippen LogP contribution is 2.35. The Morgan fingerprint density at radius 1 is 1.28 bits per heavy atom. The first-order valence-electron chi connectivity index (χ1n) is 7.02. The molecule has 96 valence electrons. The molecule has 2 aromatic rings. The van der Waals surface area contributed by atoms with E-state index in [9.17, 15) is 0 Å². The standard InChI is InChI=1S/C16H22N2/c1-11(2)17-14-8-6-10-18-15-9-5-4-7-13(15)12(3)16(14)18/h4-5,7,9,11,14,17H,6,8,10H2,1-3H3. The van der Waals surface area contributed by atoms with E-state index in [1.165, 1.54) is 41.5 Å². The van der Waals surface area contributed by atoms with E-state index in [1.807, 2.05) is 0 Å². The van der Waals surface area contributed by atoms with Crippen molar-refractivity contribution in [2.24, 2.45) is 0 Å². The highest BCUT2D eigenvalue weighted by Gasteiger charge is 2.25. The molecule has 1 aromatic carbocycles. The second-order valence-corrected chi connectivity index (χ2v) is 5.70. The van der Waals surface area contributed by atoms with Crippen molar-refractivity contribution in [3.05, 3.63) is 35.5 Å². The maximum atomic E-state index is 3.72. The van der Waals surface area contributed by atoms with E-state index in [-0.39, 0.29) is 0 Å². The van der Waals surface area contributed by atoms with Gasteiger partial charge in [0, 0.05) is 35.2 Å². The van der Waals surface area contributed by atoms with E-state index in [2.05, 4.69) is 54.9 Å². The largest absolute Gasteiger partial charge is 0.343 e. The number of benzene rings is 1. The Labute approximate surface area is 109 Å². The third-order valence-corrected chi connectivity index (χ3v) is 4.01. The van der Waals surface area contributed by atoms with Crippen molar-refractivity contribution in [3.63, 3.8) is 0 Å². The summed E-state index contributed by atoms with van der Waals surface area (Å²) in [6.45, 7) is 7.91. The molecule has 3 rings (SSSR count). The minimum absolute atomic E-state index is 0.520. The molecule has 0 spiro atoms. The van der Waals surface area contributed by atoms with Gasteiger partial charge >= 0.3 is 0 Å². The molecule has 0 saturated carbocycles. The number of nitrogens with zero attached hydrogens (tertiary/aromatic N) is 1. The lowest BCUT2D eigenvalue weighted by atomic mass is 10.00. The molecule has 2 heterocycles. The molecule has 1 aliphatic rings. The quantitative estimate of drug-likeness (QED) is 0.848. The highest BCUT2D eigenvalue weighted by molar-refractivity contribution is 5.85. The fourth-order valence-electron chi connectivity index (χ4n) is 3.34. The van der Waals surface area contributed by atoms with Crippen molar-refractivity contribution >= 4 is 10.9 Å². The average molecular weight is 242 g/mol. The van der Waals surface area contributed by atoms with Crippen molar-refractivity contribution in [3.8, 4) is 0 Å². The summed E-state index contributed by atoms with van der Waals surface area (Å²) in [5.74, 6) is 0. The van der Waals surface area contributed by atoms with Crippen LogP contribution in [-0.4, -0.2) is 10.6 Å². The number of hydrogen-bond donors (Lipinski definition) is 1. The van der Waals surface area contributed by atoms with Crippen molar-refractivity contribution in [1.29, 1.82) is 0 Å². The van der Waals surface area contributed by atoms with Crippen LogP contribution in [0.2, 0.25) is 0 Å². The van der Waals surface area contributed by atoms with Crippen LogP contribution in [0.25, 0.3) is 10.9 Å². The summed E-state index contributed by atoms with van der Waals surface area (Å²) in [6, 6.07) is 9.86. The van der Waals surface area contributed by atoms with E-state index < -0.39 is 0 Å². The highest BCUT2D eigenvalue weighted by atomic mass is 15.1. The van der Waals surface area contributed by atoms with Gasteiger partial charge in [-0.2, -0.15) is 0 Å². The number of fused-ring (bicyclic) bond motifs is 3. The first kappa shape index (κ1) is 11.8. The van der Waals surface area contributed by atoms with Gasteiger partial charge in [0.25, 0.3) is 0 Å². The SMILES string of the molecule is Cc1c2n(c3ccccc13)CCCC2NC(C)C. The van der Waals surface area contributed by atoms with Crippen LogP contribution < -0.4 is 5.32 Å².